The van der Waals surface area contributed by atoms with Crippen LogP contribution in [0.5, 0.6) is 0 Å². The Labute approximate surface area is 221 Å². The van der Waals surface area contributed by atoms with Crippen LogP contribution in [0.15, 0.2) is 35.3 Å². The van der Waals surface area contributed by atoms with Gasteiger partial charge in [-0.05, 0) is 64.8 Å². The van der Waals surface area contributed by atoms with Gasteiger partial charge in [0.2, 0.25) is 5.95 Å². The highest BCUT2D eigenvalue weighted by atomic mass is 19.1. The fourth-order valence-electron chi connectivity index (χ4n) is 5.04. The topological polar surface area (TPSA) is 92.6 Å². The van der Waals surface area contributed by atoms with E-state index in [1.165, 1.54) is 4.57 Å². The third-order valence-electron chi connectivity index (χ3n) is 7.38. The van der Waals surface area contributed by atoms with Crippen LogP contribution >= 0.6 is 0 Å². The first kappa shape index (κ1) is 26.1. The molecule has 5 rings (SSSR count). The molecule has 1 aliphatic heterocycles. The van der Waals surface area contributed by atoms with Gasteiger partial charge in [0.25, 0.3) is 5.56 Å². The number of piperazine rings is 1. The zero-order valence-electron chi connectivity index (χ0n) is 22.5. The standard InChI is InChI=1S/C28H35FN6O3/c1-18-22-17-30-27(32-24(22)35(25(36)23(18)29)21-7-5-6-8-21)31-19-9-11-20(12-10-19)33-13-15-34(16-14-33)38-26(37)28(2,3)4/h9-12,17,21H,5-8,13-16H2,1-4H3,(H,30,31,32). The Morgan fingerprint density at radius 1 is 1.08 bits per heavy atom. The average Bonchev–Trinajstić information content (AvgIpc) is 3.42. The zero-order chi connectivity index (χ0) is 27.0. The van der Waals surface area contributed by atoms with Crippen molar-refractivity contribution in [1.82, 2.24) is 19.6 Å². The van der Waals surface area contributed by atoms with Crippen molar-refractivity contribution in [3.8, 4) is 0 Å². The van der Waals surface area contributed by atoms with Gasteiger partial charge >= 0.3 is 5.97 Å². The molecule has 1 aromatic carbocycles. The second kappa shape index (κ2) is 10.3. The largest absolute Gasteiger partial charge is 0.369 e. The fourth-order valence-corrected chi connectivity index (χ4v) is 5.04. The number of anilines is 3. The molecule has 1 N–H and O–H groups in total. The van der Waals surface area contributed by atoms with Gasteiger partial charge in [-0.1, -0.05) is 12.8 Å². The molecule has 1 saturated heterocycles. The van der Waals surface area contributed by atoms with Crippen molar-refractivity contribution in [2.24, 2.45) is 5.41 Å². The van der Waals surface area contributed by atoms with E-state index in [2.05, 4.69) is 20.2 Å². The van der Waals surface area contributed by atoms with Crippen LogP contribution in [0, 0.1) is 18.2 Å². The number of benzene rings is 1. The van der Waals surface area contributed by atoms with E-state index in [0.717, 1.165) is 50.1 Å². The van der Waals surface area contributed by atoms with E-state index in [0.29, 0.717) is 30.1 Å². The van der Waals surface area contributed by atoms with E-state index in [9.17, 15) is 14.0 Å². The molecule has 38 heavy (non-hydrogen) atoms. The monoisotopic (exact) mass is 522 g/mol. The number of aromatic nitrogens is 3. The molecular formula is C28H35FN6O3. The number of hydrogen-bond acceptors (Lipinski definition) is 8. The Kier molecular flexibility index (Phi) is 7.09. The van der Waals surface area contributed by atoms with Crippen LogP contribution < -0.4 is 15.8 Å². The summed E-state index contributed by atoms with van der Waals surface area (Å²) in [5.74, 6) is -0.591. The summed E-state index contributed by atoms with van der Waals surface area (Å²) in [4.78, 5) is 41.8. The first-order valence-corrected chi connectivity index (χ1v) is 13.3. The van der Waals surface area contributed by atoms with E-state index in [1.807, 2.05) is 45.0 Å². The molecule has 0 spiro atoms. The molecule has 0 atom stereocenters. The lowest BCUT2D eigenvalue weighted by atomic mass is 9.98. The second-order valence-electron chi connectivity index (χ2n) is 11.2. The van der Waals surface area contributed by atoms with Gasteiger partial charge in [-0.25, -0.2) is 14.2 Å². The van der Waals surface area contributed by atoms with Gasteiger partial charge < -0.3 is 15.1 Å². The zero-order valence-corrected chi connectivity index (χ0v) is 22.5. The van der Waals surface area contributed by atoms with E-state index >= 15 is 0 Å². The Hall–Kier alpha value is -3.53. The lowest BCUT2D eigenvalue weighted by Crippen LogP contribution is -2.48. The van der Waals surface area contributed by atoms with Gasteiger partial charge in [-0.3, -0.25) is 9.36 Å². The summed E-state index contributed by atoms with van der Waals surface area (Å²) < 4.78 is 16.2. The van der Waals surface area contributed by atoms with Gasteiger partial charge in [-0.2, -0.15) is 4.98 Å². The van der Waals surface area contributed by atoms with E-state index < -0.39 is 16.8 Å². The van der Waals surface area contributed by atoms with Crippen molar-refractivity contribution < 1.29 is 14.0 Å². The number of nitrogens with one attached hydrogen (secondary N) is 1. The van der Waals surface area contributed by atoms with Gasteiger partial charge in [0.15, 0.2) is 5.82 Å². The van der Waals surface area contributed by atoms with Crippen molar-refractivity contribution in [3.63, 3.8) is 0 Å². The first-order valence-electron chi connectivity index (χ1n) is 13.3. The molecule has 0 radical (unpaired) electrons. The normalized spacial score (nSPS) is 17.2. The Bertz CT molecular complexity index is 1380. The minimum atomic E-state index is -0.725. The third kappa shape index (κ3) is 5.22. The minimum absolute atomic E-state index is 0.0421. The van der Waals surface area contributed by atoms with Gasteiger partial charge in [-0.15, -0.1) is 5.06 Å². The van der Waals surface area contributed by atoms with Crippen LogP contribution in [0.2, 0.25) is 0 Å². The first-order chi connectivity index (χ1) is 18.1. The molecule has 202 valence electrons. The Morgan fingerprint density at radius 3 is 2.37 bits per heavy atom. The van der Waals surface area contributed by atoms with Crippen molar-refractivity contribution >= 4 is 34.3 Å². The molecule has 3 aromatic rings. The molecule has 0 bridgehead atoms. The van der Waals surface area contributed by atoms with E-state index in [1.54, 1.807) is 18.2 Å². The average molecular weight is 523 g/mol. The van der Waals surface area contributed by atoms with Crippen LogP contribution in [0.3, 0.4) is 0 Å². The van der Waals surface area contributed by atoms with E-state index in [-0.39, 0.29) is 17.6 Å². The summed E-state index contributed by atoms with van der Waals surface area (Å²) in [6.07, 6.45) is 5.33. The molecule has 3 heterocycles. The third-order valence-corrected chi connectivity index (χ3v) is 7.38. The Balaban J connectivity index is 1.29. The number of halogens is 1. The highest BCUT2D eigenvalue weighted by Gasteiger charge is 2.28. The molecule has 10 heteroatoms. The highest BCUT2D eigenvalue weighted by molar-refractivity contribution is 5.80. The van der Waals surface area contributed by atoms with Crippen molar-refractivity contribution in [2.75, 3.05) is 36.4 Å². The number of fused-ring (bicyclic) bond motifs is 1. The molecule has 2 aromatic heterocycles. The number of carbonyl (C=O) groups is 1. The quantitative estimate of drug-likeness (QED) is 0.515. The fraction of sp³-hybridized carbons (Fsp3) is 0.500. The molecule has 1 aliphatic carbocycles. The number of pyridine rings is 1. The number of carbonyl (C=O) groups excluding carboxylic acids is 1. The van der Waals surface area contributed by atoms with Crippen LogP contribution in [-0.2, 0) is 9.63 Å². The maximum absolute atomic E-state index is 14.7. The SMILES string of the molecule is Cc1c(F)c(=O)n(C2CCCC2)c2nc(Nc3ccc(N4CCN(OC(=O)C(C)(C)C)CC4)cc3)ncc12. The molecular weight excluding hydrogens is 487 g/mol. The predicted octanol–water partition coefficient (Wildman–Crippen LogP) is 4.72. The van der Waals surface area contributed by atoms with Crippen LogP contribution in [0.25, 0.3) is 11.0 Å². The summed E-state index contributed by atoms with van der Waals surface area (Å²) in [6, 6.07) is 7.91. The number of rotatable bonds is 5. The number of hydroxylamine groups is 2. The lowest BCUT2D eigenvalue weighted by Gasteiger charge is -2.35. The van der Waals surface area contributed by atoms with Crippen LogP contribution in [0.1, 0.15) is 58.1 Å². The van der Waals surface area contributed by atoms with Gasteiger partial charge in [0.1, 0.15) is 5.65 Å². The number of hydrogen-bond donors (Lipinski definition) is 1. The summed E-state index contributed by atoms with van der Waals surface area (Å²) >= 11 is 0. The summed E-state index contributed by atoms with van der Waals surface area (Å²) in [5, 5.41) is 5.51. The summed E-state index contributed by atoms with van der Waals surface area (Å²) in [5.41, 5.74) is 1.49. The van der Waals surface area contributed by atoms with Crippen molar-refractivity contribution in [3.05, 3.63) is 52.2 Å². The Morgan fingerprint density at radius 2 is 1.74 bits per heavy atom. The molecule has 9 nitrogen and oxygen atoms in total. The second-order valence-corrected chi connectivity index (χ2v) is 11.2. The van der Waals surface area contributed by atoms with Crippen molar-refractivity contribution in [2.45, 2.75) is 59.4 Å². The summed E-state index contributed by atoms with van der Waals surface area (Å²) in [6.45, 7) is 9.89. The maximum Gasteiger partial charge on any atom is 0.330 e. The molecule has 2 fully saturated rings. The maximum atomic E-state index is 14.7. The van der Waals surface area contributed by atoms with E-state index in [4.69, 9.17) is 4.84 Å². The van der Waals surface area contributed by atoms with Crippen molar-refractivity contribution in [1.29, 1.82) is 0 Å². The number of nitrogens with zero attached hydrogens (tertiary/aromatic N) is 5. The number of aryl methyl sites for hydroxylation is 1. The van der Waals surface area contributed by atoms with Gasteiger partial charge in [0, 0.05) is 47.7 Å². The van der Waals surface area contributed by atoms with Crippen LogP contribution in [-0.4, -0.2) is 51.7 Å². The molecule has 2 aliphatic rings. The minimum Gasteiger partial charge on any atom is -0.369 e. The van der Waals surface area contributed by atoms with Crippen LogP contribution in [0.4, 0.5) is 21.7 Å². The smallest absolute Gasteiger partial charge is 0.330 e. The summed E-state index contributed by atoms with van der Waals surface area (Å²) in [7, 11) is 0. The lowest BCUT2D eigenvalue weighted by molar-refractivity contribution is -0.201. The predicted molar refractivity (Wildman–Crippen MR) is 145 cm³/mol. The molecule has 1 saturated carbocycles. The molecule has 0 unspecified atom stereocenters. The molecule has 0 amide bonds. The highest BCUT2D eigenvalue weighted by Crippen LogP contribution is 2.32. The van der Waals surface area contributed by atoms with Gasteiger partial charge in [0.05, 0.1) is 18.5 Å².